The number of anilines is 1. The largest absolute Gasteiger partial charge is 0.477 e. The lowest BCUT2D eigenvalue weighted by Crippen LogP contribution is -2.00. The molecule has 0 radical (unpaired) electrons. The van der Waals surface area contributed by atoms with E-state index in [1.54, 1.807) is 6.07 Å². The monoisotopic (exact) mass is 289 g/mol. The summed E-state index contributed by atoms with van der Waals surface area (Å²) in [6, 6.07) is 10.1. The van der Waals surface area contributed by atoms with Crippen LogP contribution in [0, 0.1) is 6.92 Å². The first kappa shape index (κ1) is 14.6. The van der Waals surface area contributed by atoms with Gasteiger partial charge in [0.25, 0.3) is 0 Å². The highest BCUT2D eigenvalue weighted by molar-refractivity contribution is 7.14. The number of aryl methyl sites for hydroxylation is 1. The van der Waals surface area contributed by atoms with Gasteiger partial charge < -0.3 is 10.4 Å². The van der Waals surface area contributed by atoms with Crippen molar-refractivity contribution in [3.8, 4) is 0 Å². The normalized spacial score (nSPS) is 10.8. The van der Waals surface area contributed by atoms with Crippen molar-refractivity contribution >= 4 is 23.0 Å². The van der Waals surface area contributed by atoms with Gasteiger partial charge in [-0.05, 0) is 42.2 Å². The maximum atomic E-state index is 11.0. The predicted molar refractivity (Wildman–Crippen MR) is 83.9 cm³/mol. The number of carboxylic acid groups (broad SMARTS) is 1. The van der Waals surface area contributed by atoms with Gasteiger partial charge in [0.2, 0.25) is 0 Å². The molecule has 3 nitrogen and oxygen atoms in total. The molecule has 2 N–H and O–H groups in total. The number of nitrogens with one attached hydrogen (secondary N) is 1. The van der Waals surface area contributed by atoms with E-state index in [0.717, 1.165) is 16.1 Å². The van der Waals surface area contributed by atoms with E-state index < -0.39 is 5.97 Å². The van der Waals surface area contributed by atoms with Crippen LogP contribution >= 0.6 is 11.3 Å². The summed E-state index contributed by atoms with van der Waals surface area (Å²) in [7, 11) is 0. The van der Waals surface area contributed by atoms with Gasteiger partial charge in [-0.1, -0.05) is 26.0 Å². The van der Waals surface area contributed by atoms with Crippen LogP contribution in [0.5, 0.6) is 0 Å². The molecule has 1 heterocycles. The molecular weight excluding hydrogens is 270 g/mol. The van der Waals surface area contributed by atoms with Crippen LogP contribution in [0.3, 0.4) is 0 Å². The minimum absolute atomic E-state index is 0.398. The predicted octanol–water partition coefficient (Wildman–Crippen LogP) is 4.49. The SMILES string of the molecule is Cc1sc(C(=O)O)cc1CNc1cccc(C(C)C)c1. The molecule has 20 heavy (non-hydrogen) atoms. The van der Waals surface area contributed by atoms with E-state index in [9.17, 15) is 4.79 Å². The molecule has 0 fully saturated rings. The quantitative estimate of drug-likeness (QED) is 0.852. The van der Waals surface area contributed by atoms with Crippen LogP contribution in [0.1, 0.15) is 45.4 Å². The molecule has 0 saturated heterocycles. The van der Waals surface area contributed by atoms with E-state index in [-0.39, 0.29) is 0 Å². The smallest absolute Gasteiger partial charge is 0.345 e. The number of carbonyl (C=O) groups is 1. The highest BCUT2D eigenvalue weighted by Gasteiger charge is 2.10. The second-order valence-electron chi connectivity index (χ2n) is 5.13. The molecule has 0 amide bonds. The van der Waals surface area contributed by atoms with Crippen molar-refractivity contribution in [1.82, 2.24) is 0 Å². The van der Waals surface area contributed by atoms with Gasteiger partial charge in [-0.3, -0.25) is 0 Å². The number of carboxylic acids is 1. The summed E-state index contributed by atoms with van der Waals surface area (Å²) in [6.07, 6.45) is 0. The Balaban J connectivity index is 2.09. The fourth-order valence-electron chi connectivity index (χ4n) is 2.01. The van der Waals surface area contributed by atoms with Gasteiger partial charge in [0.1, 0.15) is 4.88 Å². The Bertz CT molecular complexity index is 617. The number of hydrogen-bond acceptors (Lipinski definition) is 3. The molecule has 0 aliphatic rings. The fraction of sp³-hybridized carbons (Fsp3) is 0.312. The van der Waals surface area contributed by atoms with Crippen LogP contribution < -0.4 is 5.32 Å². The molecule has 4 heteroatoms. The zero-order valence-electron chi connectivity index (χ0n) is 11.9. The first-order valence-corrected chi connectivity index (χ1v) is 7.45. The van der Waals surface area contributed by atoms with Crippen molar-refractivity contribution in [2.45, 2.75) is 33.2 Å². The molecule has 2 rings (SSSR count). The first-order chi connectivity index (χ1) is 9.47. The van der Waals surface area contributed by atoms with E-state index in [2.05, 4.69) is 31.3 Å². The molecule has 0 atom stereocenters. The maximum Gasteiger partial charge on any atom is 0.345 e. The second kappa shape index (κ2) is 6.09. The number of thiophene rings is 1. The Labute approximate surface area is 123 Å². The van der Waals surface area contributed by atoms with Gasteiger partial charge in [0.05, 0.1) is 0 Å². The van der Waals surface area contributed by atoms with Crippen molar-refractivity contribution in [3.63, 3.8) is 0 Å². The highest BCUT2D eigenvalue weighted by Crippen LogP contribution is 2.23. The molecule has 2 aromatic rings. The lowest BCUT2D eigenvalue weighted by atomic mass is 10.0. The third-order valence-corrected chi connectivity index (χ3v) is 4.35. The van der Waals surface area contributed by atoms with Crippen molar-refractivity contribution in [1.29, 1.82) is 0 Å². The number of rotatable bonds is 5. The molecule has 0 aliphatic heterocycles. The highest BCUT2D eigenvalue weighted by atomic mass is 32.1. The molecule has 106 valence electrons. The van der Waals surface area contributed by atoms with Gasteiger partial charge in [0.15, 0.2) is 0 Å². The van der Waals surface area contributed by atoms with Crippen LogP contribution in [-0.4, -0.2) is 11.1 Å². The minimum Gasteiger partial charge on any atom is -0.477 e. The molecular formula is C16H19NO2S. The molecule has 1 aromatic carbocycles. The molecule has 0 bridgehead atoms. The molecule has 0 aliphatic carbocycles. The number of hydrogen-bond donors (Lipinski definition) is 2. The number of benzene rings is 1. The summed E-state index contributed by atoms with van der Waals surface area (Å²) in [5.41, 5.74) is 3.41. The zero-order valence-corrected chi connectivity index (χ0v) is 12.8. The zero-order chi connectivity index (χ0) is 14.7. The van der Waals surface area contributed by atoms with Crippen LogP contribution in [0.4, 0.5) is 5.69 Å². The van der Waals surface area contributed by atoms with E-state index in [0.29, 0.717) is 17.3 Å². The number of aromatic carboxylic acids is 1. The summed E-state index contributed by atoms with van der Waals surface area (Å²) in [6.45, 7) is 6.94. The summed E-state index contributed by atoms with van der Waals surface area (Å²) >= 11 is 1.33. The Hall–Kier alpha value is -1.81. The third kappa shape index (κ3) is 3.39. The van der Waals surface area contributed by atoms with Crippen LogP contribution in [-0.2, 0) is 6.54 Å². The van der Waals surface area contributed by atoms with Crippen LogP contribution in [0.15, 0.2) is 30.3 Å². The fourth-order valence-corrected chi connectivity index (χ4v) is 2.89. The Morgan fingerprint density at radius 1 is 1.35 bits per heavy atom. The van der Waals surface area contributed by atoms with Gasteiger partial charge in [-0.2, -0.15) is 0 Å². The lowest BCUT2D eigenvalue weighted by Gasteiger charge is -2.10. The van der Waals surface area contributed by atoms with E-state index in [1.807, 2.05) is 19.1 Å². The first-order valence-electron chi connectivity index (χ1n) is 6.64. The Morgan fingerprint density at radius 3 is 2.70 bits per heavy atom. The van der Waals surface area contributed by atoms with Gasteiger partial charge >= 0.3 is 5.97 Å². The maximum absolute atomic E-state index is 11.0. The van der Waals surface area contributed by atoms with E-state index in [1.165, 1.54) is 16.9 Å². The van der Waals surface area contributed by atoms with Crippen molar-refractivity contribution in [2.75, 3.05) is 5.32 Å². The lowest BCUT2D eigenvalue weighted by molar-refractivity contribution is 0.0702. The Kier molecular flexibility index (Phi) is 4.45. The summed E-state index contributed by atoms with van der Waals surface area (Å²) in [4.78, 5) is 12.4. The third-order valence-electron chi connectivity index (χ3n) is 3.27. The molecule has 0 unspecified atom stereocenters. The average Bonchev–Trinajstić information content (AvgIpc) is 2.78. The summed E-state index contributed by atoms with van der Waals surface area (Å²) < 4.78 is 0. The topological polar surface area (TPSA) is 49.3 Å². The van der Waals surface area contributed by atoms with Crippen molar-refractivity contribution in [2.24, 2.45) is 0 Å². The van der Waals surface area contributed by atoms with Crippen molar-refractivity contribution in [3.05, 3.63) is 51.2 Å². The molecule has 0 spiro atoms. The Morgan fingerprint density at radius 2 is 2.10 bits per heavy atom. The molecule has 1 aromatic heterocycles. The van der Waals surface area contributed by atoms with E-state index >= 15 is 0 Å². The van der Waals surface area contributed by atoms with Crippen LogP contribution in [0.25, 0.3) is 0 Å². The van der Waals surface area contributed by atoms with Gasteiger partial charge in [-0.25, -0.2) is 4.79 Å². The van der Waals surface area contributed by atoms with Crippen LogP contribution in [0.2, 0.25) is 0 Å². The second-order valence-corrected chi connectivity index (χ2v) is 6.39. The summed E-state index contributed by atoms with van der Waals surface area (Å²) in [5, 5.41) is 12.4. The standard InChI is InChI=1S/C16H19NO2S/c1-10(2)12-5-4-6-14(7-12)17-9-13-8-15(16(18)19)20-11(13)3/h4-8,10,17H,9H2,1-3H3,(H,18,19). The van der Waals surface area contributed by atoms with Crippen molar-refractivity contribution < 1.29 is 9.90 Å². The summed E-state index contributed by atoms with van der Waals surface area (Å²) in [5.74, 6) is -0.357. The average molecular weight is 289 g/mol. The van der Waals surface area contributed by atoms with Gasteiger partial charge in [-0.15, -0.1) is 11.3 Å². The van der Waals surface area contributed by atoms with Gasteiger partial charge in [0, 0.05) is 17.1 Å². The van der Waals surface area contributed by atoms with E-state index in [4.69, 9.17) is 5.11 Å². The minimum atomic E-state index is -0.855. The molecule has 0 saturated carbocycles.